The first-order valence-corrected chi connectivity index (χ1v) is 6.72. The molecule has 0 radical (unpaired) electrons. The average molecular weight is 250 g/mol. The quantitative estimate of drug-likeness (QED) is 0.610. The summed E-state index contributed by atoms with van der Waals surface area (Å²) >= 11 is 1.72. The van der Waals surface area contributed by atoms with Gasteiger partial charge in [0.15, 0.2) is 0 Å². The van der Waals surface area contributed by atoms with Gasteiger partial charge in [0.1, 0.15) is 5.82 Å². The molecule has 0 spiro atoms. The van der Waals surface area contributed by atoms with Gasteiger partial charge in [-0.2, -0.15) is 0 Å². The molecule has 2 aromatic rings. The predicted octanol–water partition coefficient (Wildman–Crippen LogP) is 2.10. The number of thiophene rings is 1. The Kier molecular flexibility index (Phi) is 4.30. The van der Waals surface area contributed by atoms with E-state index in [1.54, 1.807) is 11.3 Å². The molecule has 5 heteroatoms. The van der Waals surface area contributed by atoms with E-state index in [-0.39, 0.29) is 6.04 Å². The van der Waals surface area contributed by atoms with Crippen molar-refractivity contribution in [3.05, 3.63) is 40.6 Å². The third kappa shape index (κ3) is 2.94. The lowest BCUT2D eigenvalue weighted by Crippen LogP contribution is -2.29. The summed E-state index contributed by atoms with van der Waals surface area (Å²) in [7, 11) is 0. The van der Waals surface area contributed by atoms with Crippen molar-refractivity contribution in [1.82, 2.24) is 15.0 Å². The first-order chi connectivity index (χ1) is 8.35. The Morgan fingerprint density at radius 2 is 2.47 bits per heavy atom. The van der Waals surface area contributed by atoms with Gasteiger partial charge in [-0.05, 0) is 17.9 Å². The highest BCUT2D eigenvalue weighted by Crippen LogP contribution is 2.21. The number of aromatic nitrogens is 2. The number of hydrazine groups is 1. The molecule has 0 bridgehead atoms. The highest BCUT2D eigenvalue weighted by molar-refractivity contribution is 7.10. The van der Waals surface area contributed by atoms with Crippen LogP contribution in [0, 0.1) is 0 Å². The smallest absolute Gasteiger partial charge is 0.110 e. The first-order valence-electron chi connectivity index (χ1n) is 5.84. The summed E-state index contributed by atoms with van der Waals surface area (Å²) in [5.41, 5.74) is 2.87. The third-order valence-electron chi connectivity index (χ3n) is 2.74. The van der Waals surface area contributed by atoms with Crippen LogP contribution in [0.4, 0.5) is 0 Å². The standard InChI is InChI=1S/C12H18N4S/c1-2-6-16-7-5-14-12(16)9-10(15-13)11-4-3-8-17-11/h3-5,7-8,10,15H,2,6,9,13H2,1H3. The van der Waals surface area contributed by atoms with Gasteiger partial charge in [-0.25, -0.2) is 4.98 Å². The van der Waals surface area contributed by atoms with E-state index in [0.717, 1.165) is 25.2 Å². The molecule has 4 nitrogen and oxygen atoms in total. The van der Waals surface area contributed by atoms with Gasteiger partial charge in [0.2, 0.25) is 0 Å². The van der Waals surface area contributed by atoms with E-state index < -0.39 is 0 Å². The van der Waals surface area contributed by atoms with E-state index in [1.807, 2.05) is 18.5 Å². The summed E-state index contributed by atoms with van der Waals surface area (Å²) in [5.74, 6) is 6.71. The number of nitrogens with zero attached hydrogens (tertiary/aromatic N) is 2. The molecule has 0 aliphatic heterocycles. The van der Waals surface area contributed by atoms with E-state index in [0.29, 0.717) is 0 Å². The lowest BCUT2D eigenvalue weighted by atomic mass is 10.1. The van der Waals surface area contributed by atoms with Crippen molar-refractivity contribution in [2.24, 2.45) is 5.84 Å². The van der Waals surface area contributed by atoms with Gasteiger partial charge in [0.05, 0.1) is 6.04 Å². The fourth-order valence-electron chi connectivity index (χ4n) is 1.89. The number of hydrogen-bond donors (Lipinski definition) is 2. The zero-order valence-corrected chi connectivity index (χ0v) is 10.8. The Bertz CT molecular complexity index is 435. The average Bonchev–Trinajstić information content (AvgIpc) is 2.97. The second-order valence-electron chi connectivity index (χ2n) is 3.98. The first kappa shape index (κ1) is 12.3. The summed E-state index contributed by atoms with van der Waals surface area (Å²) in [6.07, 6.45) is 5.82. The molecule has 1 atom stereocenters. The Morgan fingerprint density at radius 1 is 1.59 bits per heavy atom. The molecule has 0 fully saturated rings. The van der Waals surface area contributed by atoms with Crippen molar-refractivity contribution < 1.29 is 0 Å². The SMILES string of the molecule is CCCn1ccnc1CC(NN)c1cccs1. The van der Waals surface area contributed by atoms with Crippen molar-refractivity contribution >= 4 is 11.3 Å². The van der Waals surface area contributed by atoms with Crippen LogP contribution >= 0.6 is 11.3 Å². The van der Waals surface area contributed by atoms with Gasteiger partial charge in [-0.3, -0.25) is 11.3 Å². The van der Waals surface area contributed by atoms with Crippen molar-refractivity contribution in [3.63, 3.8) is 0 Å². The molecular weight excluding hydrogens is 232 g/mol. The van der Waals surface area contributed by atoms with Gasteiger partial charge in [-0.15, -0.1) is 11.3 Å². The number of rotatable bonds is 6. The van der Waals surface area contributed by atoms with Gasteiger partial charge < -0.3 is 4.57 Å². The number of hydrogen-bond acceptors (Lipinski definition) is 4. The zero-order chi connectivity index (χ0) is 12.1. The molecule has 92 valence electrons. The number of imidazole rings is 1. The molecule has 0 saturated heterocycles. The largest absolute Gasteiger partial charge is 0.335 e. The van der Waals surface area contributed by atoms with Crippen LogP contribution in [0.1, 0.15) is 30.1 Å². The fraction of sp³-hybridized carbons (Fsp3) is 0.417. The molecule has 0 saturated carbocycles. The zero-order valence-electron chi connectivity index (χ0n) is 9.97. The Labute approximate surface area is 105 Å². The molecule has 17 heavy (non-hydrogen) atoms. The summed E-state index contributed by atoms with van der Waals surface area (Å²) < 4.78 is 2.19. The summed E-state index contributed by atoms with van der Waals surface area (Å²) in [4.78, 5) is 5.65. The molecule has 0 aromatic carbocycles. The van der Waals surface area contributed by atoms with Crippen LogP contribution in [-0.2, 0) is 13.0 Å². The maximum Gasteiger partial charge on any atom is 0.110 e. The maximum atomic E-state index is 5.62. The monoisotopic (exact) mass is 250 g/mol. The van der Waals surface area contributed by atoms with Crippen molar-refractivity contribution in [1.29, 1.82) is 0 Å². The van der Waals surface area contributed by atoms with Crippen LogP contribution in [0.2, 0.25) is 0 Å². The molecule has 2 heterocycles. The number of nitrogens with two attached hydrogens (primary N) is 1. The molecule has 2 aromatic heterocycles. The minimum absolute atomic E-state index is 0.146. The second-order valence-corrected chi connectivity index (χ2v) is 4.95. The highest BCUT2D eigenvalue weighted by atomic mass is 32.1. The lowest BCUT2D eigenvalue weighted by molar-refractivity contribution is 0.523. The number of nitrogens with one attached hydrogen (secondary N) is 1. The van der Waals surface area contributed by atoms with E-state index in [2.05, 4.69) is 33.3 Å². The molecule has 2 rings (SSSR count). The Morgan fingerprint density at radius 3 is 3.12 bits per heavy atom. The normalized spacial score (nSPS) is 12.8. The Hall–Kier alpha value is -1.17. The minimum atomic E-state index is 0.146. The second kappa shape index (κ2) is 5.95. The van der Waals surface area contributed by atoms with Gasteiger partial charge in [0.25, 0.3) is 0 Å². The van der Waals surface area contributed by atoms with Gasteiger partial charge in [-0.1, -0.05) is 13.0 Å². The van der Waals surface area contributed by atoms with Crippen LogP contribution in [0.3, 0.4) is 0 Å². The topological polar surface area (TPSA) is 55.9 Å². The van der Waals surface area contributed by atoms with Crippen LogP contribution in [0.5, 0.6) is 0 Å². The highest BCUT2D eigenvalue weighted by Gasteiger charge is 2.14. The molecule has 1 unspecified atom stereocenters. The maximum absolute atomic E-state index is 5.62. The Balaban J connectivity index is 2.10. The summed E-state index contributed by atoms with van der Waals surface area (Å²) in [5, 5.41) is 2.07. The van der Waals surface area contributed by atoms with Crippen molar-refractivity contribution in [2.75, 3.05) is 0 Å². The third-order valence-corrected chi connectivity index (χ3v) is 3.73. The molecule has 0 amide bonds. The fourth-order valence-corrected chi connectivity index (χ4v) is 2.68. The van der Waals surface area contributed by atoms with Crippen molar-refractivity contribution in [3.8, 4) is 0 Å². The molecule has 0 aliphatic rings. The van der Waals surface area contributed by atoms with Gasteiger partial charge >= 0.3 is 0 Å². The van der Waals surface area contributed by atoms with Crippen LogP contribution in [0.25, 0.3) is 0 Å². The molecular formula is C12H18N4S. The van der Waals surface area contributed by atoms with E-state index >= 15 is 0 Å². The summed E-state index contributed by atoms with van der Waals surface area (Å²) in [6, 6.07) is 4.29. The van der Waals surface area contributed by atoms with E-state index in [9.17, 15) is 0 Å². The van der Waals surface area contributed by atoms with E-state index in [4.69, 9.17) is 5.84 Å². The van der Waals surface area contributed by atoms with Crippen LogP contribution in [-0.4, -0.2) is 9.55 Å². The minimum Gasteiger partial charge on any atom is -0.335 e. The predicted molar refractivity (Wildman–Crippen MR) is 70.6 cm³/mol. The van der Waals surface area contributed by atoms with E-state index in [1.165, 1.54) is 4.88 Å². The van der Waals surface area contributed by atoms with Gasteiger partial charge in [0, 0.05) is 30.2 Å². The van der Waals surface area contributed by atoms with Crippen LogP contribution < -0.4 is 11.3 Å². The summed E-state index contributed by atoms with van der Waals surface area (Å²) in [6.45, 7) is 3.18. The molecule has 0 aliphatic carbocycles. The number of aryl methyl sites for hydroxylation is 1. The van der Waals surface area contributed by atoms with Crippen LogP contribution in [0.15, 0.2) is 29.9 Å². The lowest BCUT2D eigenvalue weighted by Gasteiger charge is -2.14. The van der Waals surface area contributed by atoms with Crippen molar-refractivity contribution in [2.45, 2.75) is 32.4 Å². The molecule has 3 N–H and O–H groups in total.